The van der Waals surface area contributed by atoms with Crippen molar-refractivity contribution in [2.45, 2.75) is 6.04 Å². The van der Waals surface area contributed by atoms with Gasteiger partial charge in [-0.2, -0.15) is 5.10 Å². The molecule has 2 heterocycles. The van der Waals surface area contributed by atoms with Crippen molar-refractivity contribution >= 4 is 6.21 Å². The van der Waals surface area contributed by atoms with Gasteiger partial charge >= 0.3 is 0 Å². The third kappa shape index (κ3) is 4.41. The number of nitrogens with zero attached hydrogens (tertiary/aromatic N) is 4. The van der Waals surface area contributed by atoms with E-state index >= 15 is 0 Å². The van der Waals surface area contributed by atoms with E-state index in [1.54, 1.807) is 6.20 Å². The lowest BCUT2D eigenvalue weighted by atomic mass is 9.96. The summed E-state index contributed by atoms with van der Waals surface area (Å²) >= 11 is 0. The van der Waals surface area contributed by atoms with Crippen LogP contribution in [0, 0.1) is 0 Å². The van der Waals surface area contributed by atoms with Crippen LogP contribution in [0.25, 0.3) is 0 Å². The molecular weight excluding hydrogens is 332 g/mol. The Kier molecular flexibility index (Phi) is 5.56. The zero-order chi connectivity index (χ0) is 18.3. The number of hydrogen-bond acceptors (Lipinski definition) is 4. The van der Waals surface area contributed by atoms with Gasteiger partial charge in [-0.3, -0.25) is 14.9 Å². The molecule has 2 aromatic carbocycles. The second-order valence-corrected chi connectivity index (χ2v) is 6.71. The van der Waals surface area contributed by atoms with Gasteiger partial charge in [0.25, 0.3) is 0 Å². The molecule has 0 aliphatic carbocycles. The van der Waals surface area contributed by atoms with Gasteiger partial charge < -0.3 is 0 Å². The first-order chi connectivity index (χ1) is 13.4. The lowest BCUT2D eigenvalue weighted by Crippen LogP contribution is -2.45. The third-order valence-electron chi connectivity index (χ3n) is 4.93. The number of benzene rings is 2. The van der Waals surface area contributed by atoms with E-state index in [4.69, 9.17) is 0 Å². The van der Waals surface area contributed by atoms with Gasteiger partial charge in [0, 0.05) is 32.4 Å². The van der Waals surface area contributed by atoms with Gasteiger partial charge in [-0.25, -0.2) is 0 Å². The summed E-state index contributed by atoms with van der Waals surface area (Å²) < 4.78 is 0. The summed E-state index contributed by atoms with van der Waals surface area (Å²) in [7, 11) is 0. The maximum Gasteiger partial charge on any atom is 0.0830 e. The van der Waals surface area contributed by atoms with Crippen molar-refractivity contribution in [3.63, 3.8) is 0 Å². The Bertz CT molecular complexity index is 802. The highest BCUT2D eigenvalue weighted by molar-refractivity contribution is 5.76. The molecule has 0 spiro atoms. The molecule has 1 saturated heterocycles. The molecule has 4 heteroatoms. The zero-order valence-electron chi connectivity index (χ0n) is 15.4. The molecule has 1 fully saturated rings. The predicted molar refractivity (Wildman–Crippen MR) is 110 cm³/mol. The van der Waals surface area contributed by atoms with Crippen LogP contribution in [-0.4, -0.2) is 47.3 Å². The standard InChI is InChI=1S/C23H24N4/c1-3-9-20(10-4-1)23(21-11-5-2-6-12-21)26-15-17-27(18-16-26)25-19-22-13-7-8-14-24-22/h1-14,19,23H,15-18H2/b25-19+. The molecule has 0 N–H and O–H groups in total. The van der Waals surface area contributed by atoms with Crippen LogP contribution in [0.3, 0.4) is 0 Å². The van der Waals surface area contributed by atoms with Crippen LogP contribution in [0.15, 0.2) is 90.2 Å². The molecule has 4 rings (SSSR count). The number of rotatable bonds is 5. The van der Waals surface area contributed by atoms with E-state index in [2.05, 4.69) is 80.7 Å². The molecule has 0 radical (unpaired) electrons. The molecule has 0 amide bonds. The van der Waals surface area contributed by atoms with E-state index in [0.717, 1.165) is 31.9 Å². The Morgan fingerprint density at radius 2 is 1.33 bits per heavy atom. The quantitative estimate of drug-likeness (QED) is 0.651. The molecule has 4 nitrogen and oxygen atoms in total. The van der Waals surface area contributed by atoms with Crippen LogP contribution in [0.2, 0.25) is 0 Å². The van der Waals surface area contributed by atoms with Gasteiger partial charge in [-0.15, -0.1) is 0 Å². The second-order valence-electron chi connectivity index (χ2n) is 6.71. The number of pyridine rings is 1. The van der Waals surface area contributed by atoms with E-state index < -0.39 is 0 Å². The van der Waals surface area contributed by atoms with E-state index in [1.165, 1.54) is 11.1 Å². The Hall–Kier alpha value is -2.98. The molecule has 1 aliphatic rings. The number of hydrazone groups is 1. The second kappa shape index (κ2) is 8.60. The van der Waals surface area contributed by atoms with Crippen LogP contribution >= 0.6 is 0 Å². The highest BCUT2D eigenvalue weighted by Crippen LogP contribution is 2.29. The van der Waals surface area contributed by atoms with E-state index in [9.17, 15) is 0 Å². The van der Waals surface area contributed by atoms with Gasteiger partial charge in [-0.1, -0.05) is 66.7 Å². The SMILES string of the molecule is C(=N\N1CCN(C(c2ccccc2)c2ccccc2)CC1)/c1ccccn1. The summed E-state index contributed by atoms with van der Waals surface area (Å²) in [5.74, 6) is 0. The molecule has 1 aliphatic heterocycles. The molecule has 1 aromatic heterocycles. The Morgan fingerprint density at radius 3 is 1.89 bits per heavy atom. The molecule has 27 heavy (non-hydrogen) atoms. The van der Waals surface area contributed by atoms with Crippen LogP contribution in [0.4, 0.5) is 0 Å². The topological polar surface area (TPSA) is 31.7 Å². The minimum atomic E-state index is 0.286. The normalized spacial score (nSPS) is 15.5. The molecule has 3 aromatic rings. The van der Waals surface area contributed by atoms with Gasteiger partial charge in [0.15, 0.2) is 0 Å². The van der Waals surface area contributed by atoms with Gasteiger partial charge in [-0.05, 0) is 23.3 Å². The minimum Gasteiger partial charge on any atom is -0.294 e. The van der Waals surface area contributed by atoms with Crippen molar-refractivity contribution < 1.29 is 0 Å². The molecule has 0 unspecified atom stereocenters. The third-order valence-corrected chi connectivity index (χ3v) is 4.93. The van der Waals surface area contributed by atoms with Crippen LogP contribution in [0.5, 0.6) is 0 Å². The number of piperazine rings is 1. The smallest absolute Gasteiger partial charge is 0.0830 e. The zero-order valence-corrected chi connectivity index (χ0v) is 15.4. The molecule has 0 bridgehead atoms. The van der Waals surface area contributed by atoms with Gasteiger partial charge in [0.1, 0.15) is 0 Å². The monoisotopic (exact) mass is 356 g/mol. The molecular formula is C23H24N4. The van der Waals surface area contributed by atoms with E-state index in [1.807, 2.05) is 24.4 Å². The van der Waals surface area contributed by atoms with Gasteiger partial charge in [0.05, 0.1) is 18.0 Å². The average molecular weight is 356 g/mol. The van der Waals surface area contributed by atoms with Crippen molar-refractivity contribution in [2.24, 2.45) is 5.10 Å². The fraction of sp³-hybridized carbons (Fsp3) is 0.217. The minimum absolute atomic E-state index is 0.286. The van der Waals surface area contributed by atoms with Crippen molar-refractivity contribution in [3.05, 3.63) is 102 Å². The van der Waals surface area contributed by atoms with Crippen molar-refractivity contribution in [1.82, 2.24) is 14.9 Å². The number of aromatic nitrogens is 1. The summed E-state index contributed by atoms with van der Waals surface area (Å²) in [4.78, 5) is 6.85. The summed E-state index contributed by atoms with van der Waals surface area (Å²) in [6.45, 7) is 3.79. The fourth-order valence-electron chi connectivity index (χ4n) is 3.56. The summed E-state index contributed by atoms with van der Waals surface area (Å²) in [5, 5.41) is 6.75. The van der Waals surface area contributed by atoms with Crippen LogP contribution < -0.4 is 0 Å². The lowest BCUT2D eigenvalue weighted by molar-refractivity contribution is 0.113. The van der Waals surface area contributed by atoms with E-state index in [-0.39, 0.29) is 6.04 Å². The summed E-state index contributed by atoms with van der Waals surface area (Å²) in [6.07, 6.45) is 3.64. The highest BCUT2D eigenvalue weighted by atomic mass is 15.5. The first-order valence-corrected chi connectivity index (χ1v) is 9.44. The first-order valence-electron chi connectivity index (χ1n) is 9.44. The van der Waals surface area contributed by atoms with Crippen molar-refractivity contribution in [1.29, 1.82) is 0 Å². The Balaban J connectivity index is 1.47. The first kappa shape index (κ1) is 17.4. The predicted octanol–water partition coefficient (Wildman–Crippen LogP) is 3.82. The van der Waals surface area contributed by atoms with Crippen LogP contribution in [0.1, 0.15) is 22.9 Å². The largest absolute Gasteiger partial charge is 0.294 e. The number of hydrogen-bond donors (Lipinski definition) is 0. The maximum absolute atomic E-state index is 4.61. The molecule has 136 valence electrons. The maximum atomic E-state index is 4.61. The Morgan fingerprint density at radius 1 is 0.741 bits per heavy atom. The van der Waals surface area contributed by atoms with Gasteiger partial charge in [0.2, 0.25) is 0 Å². The summed E-state index contributed by atoms with van der Waals surface area (Å²) in [6, 6.07) is 27.7. The van der Waals surface area contributed by atoms with Crippen molar-refractivity contribution in [3.8, 4) is 0 Å². The fourth-order valence-corrected chi connectivity index (χ4v) is 3.56. The summed E-state index contributed by atoms with van der Waals surface area (Å²) in [5.41, 5.74) is 3.58. The van der Waals surface area contributed by atoms with Crippen LogP contribution in [-0.2, 0) is 0 Å². The lowest BCUT2D eigenvalue weighted by Gasteiger charge is -2.38. The highest BCUT2D eigenvalue weighted by Gasteiger charge is 2.25. The molecule has 0 saturated carbocycles. The van der Waals surface area contributed by atoms with Crippen molar-refractivity contribution in [2.75, 3.05) is 26.2 Å². The van der Waals surface area contributed by atoms with E-state index in [0.29, 0.717) is 0 Å². The average Bonchev–Trinajstić information content (AvgIpc) is 2.76. The molecule has 0 atom stereocenters. The Labute approximate surface area is 160 Å².